The van der Waals surface area contributed by atoms with Crippen LogP contribution in [0.5, 0.6) is 11.5 Å². The minimum atomic E-state index is -0.778. The average Bonchev–Trinajstić information content (AvgIpc) is 2.80. The first-order valence-corrected chi connectivity index (χ1v) is 12.0. The van der Waals surface area contributed by atoms with E-state index in [4.69, 9.17) is 65.4 Å². The third-order valence-electron chi connectivity index (χ3n) is 4.63. The van der Waals surface area contributed by atoms with Crippen LogP contribution in [0.3, 0.4) is 0 Å². The van der Waals surface area contributed by atoms with Crippen LogP contribution in [0.1, 0.15) is 52.6 Å². The Labute approximate surface area is 227 Å². The topological polar surface area (TPSA) is 105 Å². The van der Waals surface area contributed by atoms with Crippen molar-refractivity contribution in [2.75, 3.05) is 39.6 Å². The molecule has 0 atom stereocenters. The van der Waals surface area contributed by atoms with Crippen molar-refractivity contribution in [1.29, 1.82) is 0 Å². The molecule has 0 aliphatic rings. The molecular formula is C24H22Cl4O8. The van der Waals surface area contributed by atoms with Gasteiger partial charge in [-0.2, -0.15) is 0 Å². The largest absolute Gasteiger partial charge is 0.490 e. The first-order valence-electron chi connectivity index (χ1n) is 10.5. The Morgan fingerprint density at radius 2 is 0.778 bits per heavy atom. The van der Waals surface area contributed by atoms with E-state index >= 15 is 0 Å². The summed E-state index contributed by atoms with van der Waals surface area (Å²) >= 11 is 22.4. The van der Waals surface area contributed by atoms with E-state index in [9.17, 15) is 19.2 Å². The molecule has 0 spiro atoms. The molecule has 8 nitrogen and oxygen atoms in total. The maximum absolute atomic E-state index is 11.7. The molecule has 0 aliphatic heterocycles. The molecule has 0 bridgehead atoms. The lowest BCUT2D eigenvalue weighted by molar-refractivity contribution is 0.0271. The molecular weight excluding hydrogens is 558 g/mol. The highest BCUT2D eigenvalue weighted by molar-refractivity contribution is 6.70. The van der Waals surface area contributed by atoms with Gasteiger partial charge in [-0.15, -0.1) is 0 Å². The van der Waals surface area contributed by atoms with Crippen LogP contribution < -0.4 is 9.47 Å². The average molecular weight is 580 g/mol. The summed E-state index contributed by atoms with van der Waals surface area (Å²) in [6.07, 6.45) is 0. The van der Waals surface area contributed by atoms with Gasteiger partial charge in [-0.1, -0.05) is 0 Å². The number of hydrogen-bond donors (Lipinski definition) is 0. The lowest BCUT2D eigenvalue weighted by Gasteiger charge is -2.14. The molecule has 0 heterocycles. The summed E-state index contributed by atoms with van der Waals surface area (Å²) in [5.74, 6) is -0.00315. The maximum atomic E-state index is 11.7. The SMILES string of the molecule is Cc1cc(C(=O)Cl)c(OCCOCCOCCOc2c(C(=O)Cl)cc(C)cc2C(=O)Cl)c(C(=O)Cl)c1. The third-order valence-corrected chi connectivity index (χ3v) is 5.45. The highest BCUT2D eigenvalue weighted by atomic mass is 35.5. The van der Waals surface area contributed by atoms with Gasteiger partial charge in [0.25, 0.3) is 21.0 Å². The molecule has 0 N–H and O–H groups in total. The van der Waals surface area contributed by atoms with Crippen molar-refractivity contribution in [2.45, 2.75) is 13.8 Å². The lowest BCUT2D eigenvalue weighted by Crippen LogP contribution is -2.15. The van der Waals surface area contributed by atoms with Crippen molar-refractivity contribution < 1.29 is 38.1 Å². The quantitative estimate of drug-likeness (QED) is 0.206. The zero-order chi connectivity index (χ0) is 26.8. The molecule has 36 heavy (non-hydrogen) atoms. The number of carbonyl (C=O) groups is 4. The number of aryl methyl sites for hydroxylation is 2. The summed E-state index contributed by atoms with van der Waals surface area (Å²) in [5.41, 5.74) is 1.41. The predicted molar refractivity (Wildman–Crippen MR) is 136 cm³/mol. The van der Waals surface area contributed by atoms with Gasteiger partial charge in [0, 0.05) is 0 Å². The summed E-state index contributed by atoms with van der Waals surface area (Å²) in [7, 11) is 0. The van der Waals surface area contributed by atoms with Crippen molar-refractivity contribution >= 4 is 67.4 Å². The number of benzene rings is 2. The molecule has 0 aliphatic carbocycles. The fraction of sp³-hybridized carbons (Fsp3) is 0.333. The van der Waals surface area contributed by atoms with Crippen LogP contribution in [-0.4, -0.2) is 60.6 Å². The van der Waals surface area contributed by atoms with E-state index in [1.807, 2.05) is 0 Å². The number of ether oxygens (including phenoxy) is 4. The molecule has 2 aromatic carbocycles. The normalized spacial score (nSPS) is 10.7. The summed E-state index contributed by atoms with van der Waals surface area (Å²) in [4.78, 5) is 46.8. The van der Waals surface area contributed by atoms with Crippen LogP contribution in [-0.2, 0) is 9.47 Å². The van der Waals surface area contributed by atoms with Crippen molar-refractivity contribution in [1.82, 2.24) is 0 Å². The molecule has 0 saturated heterocycles. The zero-order valence-corrected chi connectivity index (χ0v) is 22.4. The van der Waals surface area contributed by atoms with Gasteiger partial charge in [-0.25, -0.2) is 0 Å². The van der Waals surface area contributed by atoms with Gasteiger partial charge in [-0.05, 0) is 95.6 Å². The highest BCUT2D eigenvalue weighted by Gasteiger charge is 2.21. The summed E-state index contributed by atoms with van der Waals surface area (Å²) in [5, 5.41) is -3.11. The van der Waals surface area contributed by atoms with Crippen molar-refractivity contribution in [3.05, 3.63) is 57.6 Å². The number of carbonyl (C=O) groups excluding carboxylic acids is 4. The van der Waals surface area contributed by atoms with Gasteiger partial charge in [0.1, 0.15) is 24.7 Å². The van der Waals surface area contributed by atoms with Crippen LogP contribution in [0.4, 0.5) is 0 Å². The summed E-state index contributed by atoms with van der Waals surface area (Å²) in [6.45, 7) is 4.12. The summed E-state index contributed by atoms with van der Waals surface area (Å²) in [6, 6.07) is 6.00. The molecule has 0 unspecified atom stereocenters. The van der Waals surface area contributed by atoms with Crippen molar-refractivity contribution in [3.63, 3.8) is 0 Å². The van der Waals surface area contributed by atoms with Crippen LogP contribution >= 0.6 is 46.4 Å². The second kappa shape index (κ2) is 14.5. The van der Waals surface area contributed by atoms with E-state index in [1.165, 1.54) is 24.3 Å². The van der Waals surface area contributed by atoms with Gasteiger partial charge in [0.15, 0.2) is 0 Å². The first-order chi connectivity index (χ1) is 17.0. The van der Waals surface area contributed by atoms with Gasteiger partial charge in [0.2, 0.25) is 0 Å². The minimum Gasteiger partial charge on any atom is -0.490 e. The Hall–Kier alpha value is -2.20. The van der Waals surface area contributed by atoms with E-state index in [2.05, 4.69) is 0 Å². The molecule has 0 saturated carbocycles. The monoisotopic (exact) mass is 578 g/mol. The fourth-order valence-electron chi connectivity index (χ4n) is 3.17. The Kier molecular flexibility index (Phi) is 12.1. The number of rotatable bonds is 15. The van der Waals surface area contributed by atoms with Crippen molar-refractivity contribution in [3.8, 4) is 11.5 Å². The minimum absolute atomic E-state index is 0.00158. The second-order valence-electron chi connectivity index (χ2n) is 7.39. The van der Waals surface area contributed by atoms with E-state index in [0.717, 1.165) is 0 Å². The lowest BCUT2D eigenvalue weighted by atomic mass is 10.1. The number of halogens is 4. The maximum Gasteiger partial charge on any atom is 0.256 e. The zero-order valence-electron chi connectivity index (χ0n) is 19.3. The predicted octanol–water partition coefficient (Wildman–Crippen LogP) is 5.31. The van der Waals surface area contributed by atoms with Crippen LogP contribution in [0, 0.1) is 13.8 Å². The number of hydrogen-bond acceptors (Lipinski definition) is 8. The van der Waals surface area contributed by atoms with E-state index < -0.39 is 21.0 Å². The Balaban J connectivity index is 1.76. The van der Waals surface area contributed by atoms with Gasteiger partial charge >= 0.3 is 0 Å². The smallest absolute Gasteiger partial charge is 0.256 e. The van der Waals surface area contributed by atoms with Crippen LogP contribution in [0.25, 0.3) is 0 Å². The summed E-state index contributed by atoms with van der Waals surface area (Å²) < 4.78 is 21.9. The molecule has 12 heteroatoms. The molecule has 0 aromatic heterocycles. The van der Waals surface area contributed by atoms with Crippen LogP contribution in [0.15, 0.2) is 24.3 Å². The highest BCUT2D eigenvalue weighted by Crippen LogP contribution is 2.30. The fourth-order valence-corrected chi connectivity index (χ4v) is 3.73. The Bertz CT molecular complexity index is 989. The Morgan fingerprint density at radius 1 is 0.528 bits per heavy atom. The van der Waals surface area contributed by atoms with Gasteiger partial charge in [0.05, 0.1) is 48.7 Å². The second-order valence-corrected chi connectivity index (χ2v) is 8.77. The van der Waals surface area contributed by atoms with Crippen LogP contribution in [0.2, 0.25) is 0 Å². The molecule has 0 fully saturated rings. The first kappa shape index (κ1) is 30.0. The molecule has 2 rings (SSSR count). The molecule has 2 aromatic rings. The van der Waals surface area contributed by atoms with E-state index in [1.54, 1.807) is 13.8 Å². The molecule has 194 valence electrons. The molecule has 0 amide bonds. The standard InChI is InChI=1S/C24H22Cl4O8/c1-13-9-15(21(25)29)19(16(10-13)22(26)30)35-7-5-33-3-4-34-6-8-36-20-17(23(27)31)11-14(2)12-18(20)24(28)32/h9-12H,3-8H2,1-2H3. The van der Waals surface area contributed by atoms with Gasteiger partial charge in [-0.3, -0.25) is 19.2 Å². The molecule has 0 radical (unpaired) electrons. The van der Waals surface area contributed by atoms with Crippen molar-refractivity contribution in [2.24, 2.45) is 0 Å². The van der Waals surface area contributed by atoms with Gasteiger partial charge < -0.3 is 18.9 Å². The van der Waals surface area contributed by atoms with E-state index in [0.29, 0.717) is 11.1 Å². The van der Waals surface area contributed by atoms with E-state index in [-0.39, 0.29) is 73.4 Å². The Morgan fingerprint density at radius 3 is 1.03 bits per heavy atom. The third kappa shape index (κ3) is 8.73.